The van der Waals surface area contributed by atoms with Gasteiger partial charge in [0.1, 0.15) is 5.75 Å². The predicted octanol–water partition coefficient (Wildman–Crippen LogP) is 4.00. The standard InChI is InChI=1S/C23H32N4O2.HI/c1-6-27(7-2)22(28)20-12-8-18(9-13-20)16-25-23(24-3)26(4)17-19-10-14-21(29-5)15-11-19;/h8-15H,6-7,16-17H2,1-5H3,(H,24,25);1H. The molecule has 0 bridgehead atoms. The second kappa shape index (κ2) is 13.1. The molecular formula is C23H33IN4O2. The van der Waals surface area contributed by atoms with Crippen LogP contribution in [-0.2, 0) is 13.1 Å². The van der Waals surface area contributed by atoms with E-state index in [2.05, 4.69) is 15.2 Å². The molecule has 0 aliphatic heterocycles. The number of rotatable bonds is 8. The normalized spacial score (nSPS) is 10.8. The number of nitrogens with zero attached hydrogens (tertiary/aromatic N) is 3. The van der Waals surface area contributed by atoms with Gasteiger partial charge in [0.2, 0.25) is 0 Å². The Hall–Kier alpha value is -2.29. The molecule has 0 aromatic heterocycles. The summed E-state index contributed by atoms with van der Waals surface area (Å²) in [6.07, 6.45) is 0. The summed E-state index contributed by atoms with van der Waals surface area (Å²) < 4.78 is 5.21. The Morgan fingerprint density at radius 3 is 2.07 bits per heavy atom. The van der Waals surface area contributed by atoms with E-state index >= 15 is 0 Å². The highest BCUT2D eigenvalue weighted by atomic mass is 127. The molecule has 0 atom stereocenters. The highest BCUT2D eigenvalue weighted by Crippen LogP contribution is 2.13. The van der Waals surface area contributed by atoms with Crippen LogP contribution in [0.5, 0.6) is 5.75 Å². The molecule has 2 aromatic rings. The van der Waals surface area contributed by atoms with Crippen LogP contribution in [0.15, 0.2) is 53.5 Å². The van der Waals surface area contributed by atoms with Gasteiger partial charge in [0.15, 0.2) is 5.96 Å². The first kappa shape index (κ1) is 25.7. The van der Waals surface area contributed by atoms with Crippen molar-refractivity contribution >= 4 is 35.8 Å². The van der Waals surface area contributed by atoms with Gasteiger partial charge >= 0.3 is 0 Å². The monoisotopic (exact) mass is 524 g/mol. The van der Waals surface area contributed by atoms with Gasteiger partial charge in [0.05, 0.1) is 7.11 Å². The average molecular weight is 524 g/mol. The third kappa shape index (κ3) is 7.19. The van der Waals surface area contributed by atoms with Gasteiger partial charge in [-0.3, -0.25) is 9.79 Å². The van der Waals surface area contributed by atoms with Crippen molar-refractivity contribution < 1.29 is 9.53 Å². The first-order valence-electron chi connectivity index (χ1n) is 9.95. The molecule has 1 N–H and O–H groups in total. The third-order valence-corrected chi connectivity index (χ3v) is 4.85. The van der Waals surface area contributed by atoms with Gasteiger partial charge < -0.3 is 19.9 Å². The number of amides is 1. The van der Waals surface area contributed by atoms with Gasteiger partial charge in [-0.2, -0.15) is 0 Å². The molecule has 164 valence electrons. The van der Waals surface area contributed by atoms with Crippen LogP contribution < -0.4 is 10.1 Å². The molecule has 6 nitrogen and oxygen atoms in total. The predicted molar refractivity (Wildman–Crippen MR) is 134 cm³/mol. The minimum absolute atomic E-state index is 0. The van der Waals surface area contributed by atoms with Crippen molar-refractivity contribution in [3.05, 3.63) is 65.2 Å². The molecule has 30 heavy (non-hydrogen) atoms. The van der Waals surface area contributed by atoms with E-state index in [-0.39, 0.29) is 29.9 Å². The number of hydrogen-bond donors (Lipinski definition) is 1. The molecule has 0 fully saturated rings. The average Bonchev–Trinajstić information content (AvgIpc) is 2.76. The number of ether oxygens (including phenoxy) is 1. The number of carbonyl (C=O) groups is 1. The second-order valence-electron chi connectivity index (χ2n) is 6.78. The molecule has 1 amide bonds. The fourth-order valence-corrected chi connectivity index (χ4v) is 3.10. The summed E-state index contributed by atoms with van der Waals surface area (Å²) in [6.45, 7) is 6.80. The smallest absolute Gasteiger partial charge is 0.253 e. The Labute approximate surface area is 197 Å². The van der Waals surface area contributed by atoms with Gasteiger partial charge in [0.25, 0.3) is 5.91 Å². The quantitative estimate of drug-likeness (QED) is 0.322. The lowest BCUT2D eigenvalue weighted by atomic mass is 10.1. The van der Waals surface area contributed by atoms with E-state index in [4.69, 9.17) is 4.74 Å². The van der Waals surface area contributed by atoms with E-state index in [0.29, 0.717) is 6.54 Å². The molecule has 2 aromatic carbocycles. The van der Waals surface area contributed by atoms with Crippen LogP contribution in [0, 0.1) is 0 Å². The van der Waals surface area contributed by atoms with Crippen LogP contribution >= 0.6 is 24.0 Å². The minimum Gasteiger partial charge on any atom is -0.497 e. The zero-order valence-corrected chi connectivity index (χ0v) is 20.8. The van der Waals surface area contributed by atoms with E-state index in [0.717, 1.165) is 42.5 Å². The summed E-state index contributed by atoms with van der Waals surface area (Å²) in [6, 6.07) is 15.8. The zero-order valence-electron chi connectivity index (χ0n) is 18.5. The molecule has 0 saturated carbocycles. The maximum atomic E-state index is 12.4. The van der Waals surface area contributed by atoms with Crippen molar-refractivity contribution in [2.75, 3.05) is 34.3 Å². The van der Waals surface area contributed by atoms with Gasteiger partial charge in [-0.05, 0) is 49.2 Å². The highest BCUT2D eigenvalue weighted by molar-refractivity contribution is 14.0. The summed E-state index contributed by atoms with van der Waals surface area (Å²) >= 11 is 0. The number of aliphatic imine (C=N–C) groups is 1. The maximum Gasteiger partial charge on any atom is 0.253 e. The lowest BCUT2D eigenvalue weighted by Crippen LogP contribution is -2.38. The van der Waals surface area contributed by atoms with Crippen molar-refractivity contribution in [2.45, 2.75) is 26.9 Å². The Kier molecular flexibility index (Phi) is 11.2. The zero-order chi connectivity index (χ0) is 21.2. The van der Waals surface area contributed by atoms with Crippen molar-refractivity contribution in [2.24, 2.45) is 4.99 Å². The number of benzene rings is 2. The van der Waals surface area contributed by atoms with Crippen LogP contribution in [0.1, 0.15) is 35.3 Å². The highest BCUT2D eigenvalue weighted by Gasteiger charge is 2.12. The van der Waals surface area contributed by atoms with Crippen LogP contribution in [0.2, 0.25) is 0 Å². The molecule has 0 aliphatic carbocycles. The fraction of sp³-hybridized carbons (Fsp3) is 0.391. The van der Waals surface area contributed by atoms with Crippen molar-refractivity contribution in [1.82, 2.24) is 15.1 Å². The number of guanidine groups is 1. The Bertz CT molecular complexity index is 803. The van der Waals surface area contributed by atoms with Crippen LogP contribution in [0.3, 0.4) is 0 Å². The maximum absolute atomic E-state index is 12.4. The molecular weight excluding hydrogens is 491 g/mol. The number of nitrogens with one attached hydrogen (secondary N) is 1. The van der Waals surface area contributed by atoms with Crippen LogP contribution in [0.4, 0.5) is 0 Å². The summed E-state index contributed by atoms with van der Waals surface area (Å²) in [5, 5.41) is 3.38. The van der Waals surface area contributed by atoms with Gasteiger partial charge in [-0.25, -0.2) is 0 Å². The SMILES string of the molecule is CCN(CC)C(=O)c1ccc(CNC(=NC)N(C)Cc2ccc(OC)cc2)cc1.I. The topological polar surface area (TPSA) is 57.2 Å². The Morgan fingerprint density at radius 1 is 1.00 bits per heavy atom. The molecule has 7 heteroatoms. The lowest BCUT2D eigenvalue weighted by Gasteiger charge is -2.22. The molecule has 0 radical (unpaired) electrons. The molecule has 0 saturated heterocycles. The number of halogens is 1. The first-order valence-corrected chi connectivity index (χ1v) is 9.95. The first-order chi connectivity index (χ1) is 14.0. The summed E-state index contributed by atoms with van der Waals surface area (Å²) in [4.78, 5) is 20.7. The van der Waals surface area contributed by atoms with Crippen molar-refractivity contribution in [1.29, 1.82) is 0 Å². The summed E-state index contributed by atoms with van der Waals surface area (Å²) in [5.74, 6) is 1.73. The van der Waals surface area contributed by atoms with E-state index in [1.807, 2.05) is 74.3 Å². The molecule has 2 rings (SSSR count). The van der Waals surface area contributed by atoms with Crippen molar-refractivity contribution in [3.8, 4) is 5.75 Å². The molecule has 0 aliphatic rings. The van der Waals surface area contributed by atoms with E-state index in [1.54, 1.807) is 14.2 Å². The Morgan fingerprint density at radius 2 is 1.57 bits per heavy atom. The van der Waals surface area contributed by atoms with E-state index in [1.165, 1.54) is 5.56 Å². The lowest BCUT2D eigenvalue weighted by molar-refractivity contribution is 0.0773. The minimum atomic E-state index is 0. The summed E-state index contributed by atoms with van der Waals surface area (Å²) in [7, 11) is 5.45. The summed E-state index contributed by atoms with van der Waals surface area (Å²) in [5.41, 5.74) is 2.99. The number of methoxy groups -OCH3 is 1. The van der Waals surface area contributed by atoms with Gasteiger partial charge in [-0.15, -0.1) is 24.0 Å². The largest absolute Gasteiger partial charge is 0.497 e. The van der Waals surface area contributed by atoms with Gasteiger partial charge in [-0.1, -0.05) is 24.3 Å². The van der Waals surface area contributed by atoms with E-state index in [9.17, 15) is 4.79 Å². The van der Waals surface area contributed by atoms with Crippen molar-refractivity contribution in [3.63, 3.8) is 0 Å². The van der Waals surface area contributed by atoms with E-state index < -0.39 is 0 Å². The number of hydrogen-bond acceptors (Lipinski definition) is 3. The van der Waals surface area contributed by atoms with Gasteiger partial charge in [0, 0.05) is 45.8 Å². The van der Waals surface area contributed by atoms with Crippen LogP contribution in [0.25, 0.3) is 0 Å². The Balaban J connectivity index is 0.00000450. The molecule has 0 heterocycles. The second-order valence-corrected chi connectivity index (χ2v) is 6.78. The number of carbonyl (C=O) groups excluding carboxylic acids is 1. The molecule has 0 unspecified atom stereocenters. The van der Waals surface area contributed by atoms with Crippen LogP contribution in [-0.4, -0.2) is 56.0 Å². The fourth-order valence-electron chi connectivity index (χ4n) is 3.10. The third-order valence-electron chi connectivity index (χ3n) is 4.85. The molecule has 0 spiro atoms.